The summed E-state index contributed by atoms with van der Waals surface area (Å²) in [5.41, 5.74) is 0.106. The highest BCUT2D eigenvalue weighted by atomic mass is 28.4. The highest BCUT2D eigenvalue weighted by molar-refractivity contribution is 6.73. The molecule has 8 rings (SSSR count). The number of allylic oxidation sites excluding steroid dienone is 2. The fourth-order valence-corrected chi connectivity index (χ4v) is 20.9. The average Bonchev–Trinajstić information content (AvgIpc) is 3.34. The summed E-state index contributed by atoms with van der Waals surface area (Å²) >= 11 is 0. The van der Waals surface area contributed by atoms with Crippen LogP contribution in [-0.2, 0) is 47.2 Å². The highest BCUT2D eigenvalue weighted by Gasteiger charge is 2.72. The Morgan fingerprint density at radius 2 is 1.36 bits per heavy atom. The second-order valence-electron chi connectivity index (χ2n) is 27.7. The van der Waals surface area contributed by atoms with Crippen molar-refractivity contribution >= 4 is 20.4 Å². The van der Waals surface area contributed by atoms with Crippen molar-refractivity contribution in [2.45, 2.75) is 256 Å². The summed E-state index contributed by atoms with van der Waals surface area (Å²) < 4.78 is 56.7. The Balaban J connectivity index is 1.12. The number of fused-ring (bicyclic) bond motifs is 7. The molecule has 3 aliphatic heterocycles. The quantitative estimate of drug-likeness (QED) is 0.0681. The van der Waals surface area contributed by atoms with Crippen molar-refractivity contribution in [2.75, 3.05) is 20.3 Å². The van der Waals surface area contributed by atoms with Crippen LogP contribution in [0.4, 0.5) is 0 Å². The monoisotopic (exact) mass is 1020 g/mol. The van der Waals surface area contributed by atoms with Crippen molar-refractivity contribution in [1.29, 1.82) is 0 Å². The van der Waals surface area contributed by atoms with Gasteiger partial charge in [-0.05, 0) is 152 Å². The number of rotatable bonds is 15. The van der Waals surface area contributed by atoms with Gasteiger partial charge in [0, 0.05) is 18.9 Å². The maximum atomic E-state index is 14.2. The average molecular weight is 1030 g/mol. The number of hydrogen-bond acceptors (Lipinski definition) is 10. The van der Waals surface area contributed by atoms with Crippen LogP contribution < -0.4 is 0 Å². The molecule has 412 valence electrons. The van der Waals surface area contributed by atoms with Gasteiger partial charge < -0.3 is 42.4 Å². The van der Waals surface area contributed by atoms with Crippen molar-refractivity contribution in [2.24, 2.45) is 85.8 Å². The number of carbonyl (C=O) groups is 2. The summed E-state index contributed by atoms with van der Waals surface area (Å²) in [7, 11) is -0.251. The molecule has 0 aromatic rings. The number of Topliss-reactive ketones (excluding diaryl/α,β-unsaturated/α-hetero) is 1. The summed E-state index contributed by atoms with van der Waals surface area (Å²) in [6.07, 6.45) is 9.39. The van der Waals surface area contributed by atoms with E-state index in [2.05, 4.69) is 117 Å². The molecule has 0 aromatic carbocycles. The van der Waals surface area contributed by atoms with Crippen LogP contribution in [0.15, 0.2) is 11.6 Å². The molecule has 0 bridgehead atoms. The molecule has 0 aromatic heterocycles. The summed E-state index contributed by atoms with van der Waals surface area (Å²) in [6.45, 7) is 40.3. The number of aldehydes is 1. The van der Waals surface area contributed by atoms with Crippen LogP contribution in [0.3, 0.4) is 0 Å². The summed E-state index contributed by atoms with van der Waals surface area (Å²) in [6, 6.07) is 3.10. The first-order valence-electron chi connectivity index (χ1n) is 29.6. The van der Waals surface area contributed by atoms with E-state index >= 15 is 0 Å². The molecule has 0 N–H and O–H groups in total. The lowest BCUT2D eigenvalue weighted by molar-refractivity contribution is -0.370. The van der Waals surface area contributed by atoms with E-state index in [1.165, 1.54) is 11.9 Å². The van der Waals surface area contributed by atoms with Crippen LogP contribution in [-0.4, -0.2) is 96.2 Å². The molecular formula is C61H104O10Si. The van der Waals surface area contributed by atoms with Crippen molar-refractivity contribution in [1.82, 2.24) is 0 Å². The molecule has 8 aliphatic rings. The Morgan fingerprint density at radius 3 is 1.99 bits per heavy atom. The molecule has 10 nitrogen and oxygen atoms in total. The van der Waals surface area contributed by atoms with Gasteiger partial charge in [-0.25, -0.2) is 0 Å². The first-order chi connectivity index (χ1) is 33.8. The van der Waals surface area contributed by atoms with E-state index in [1.54, 1.807) is 0 Å². The van der Waals surface area contributed by atoms with Crippen molar-refractivity contribution in [3.05, 3.63) is 11.6 Å². The van der Waals surface area contributed by atoms with E-state index in [0.717, 1.165) is 82.3 Å². The summed E-state index contributed by atoms with van der Waals surface area (Å²) in [5, 5.41) is 0. The van der Waals surface area contributed by atoms with Gasteiger partial charge in [-0.2, -0.15) is 0 Å². The standard InChI is InChI=1S/C61H104O10Si/c1-19-45-39(8)40(9)51(71-72(20-2,21-3)22-4)55(67-45)70-52-50(69-53-41(10)38(7)36(5)33-65-53)37(6)34-66-54(52)68-48-26-27-57(14)46(58(48,15)35-62)25-28-59(16)47(57)24-23-43-44-31-56(12,13)29-30-61(44,42(11)63)49(64-18)32-60(43,59)17/h23,35-41,44-55H,19-22,24-34H2,1-18H3/t36-,37-,38+,39-,40+,41?,44?,45?,46-,47?,48+,49-,50+,51?,52?,53+,54+,55+,57?,58?,59?,60?,61-/m1/s1. The lowest BCUT2D eigenvalue weighted by Crippen LogP contribution is -2.68. The molecule has 0 amide bonds. The zero-order chi connectivity index (χ0) is 52.7. The fourth-order valence-electron chi connectivity index (χ4n) is 18.0. The first-order valence-corrected chi connectivity index (χ1v) is 32.1. The number of hydrogen-bond donors (Lipinski definition) is 0. The molecule has 11 heteroatoms. The molecule has 0 spiro atoms. The van der Waals surface area contributed by atoms with E-state index < -0.39 is 56.3 Å². The molecule has 3 heterocycles. The Hall–Kier alpha value is -1.02. The highest BCUT2D eigenvalue weighted by Crippen LogP contribution is 2.76. The predicted molar refractivity (Wildman–Crippen MR) is 286 cm³/mol. The van der Waals surface area contributed by atoms with E-state index in [4.69, 9.17) is 37.6 Å². The van der Waals surface area contributed by atoms with Gasteiger partial charge in [0.1, 0.15) is 18.2 Å². The van der Waals surface area contributed by atoms with Gasteiger partial charge in [0.15, 0.2) is 27.2 Å². The smallest absolute Gasteiger partial charge is 0.192 e. The molecule has 3 saturated heterocycles. The van der Waals surface area contributed by atoms with Crippen molar-refractivity contribution in [3.63, 3.8) is 0 Å². The number of ketones is 1. The van der Waals surface area contributed by atoms with Gasteiger partial charge >= 0.3 is 0 Å². The molecule has 0 radical (unpaired) electrons. The zero-order valence-electron chi connectivity index (χ0n) is 48.7. The molecule has 10 unspecified atom stereocenters. The van der Waals surface area contributed by atoms with Crippen molar-refractivity contribution < 1.29 is 47.2 Å². The van der Waals surface area contributed by atoms with Crippen molar-refractivity contribution in [3.8, 4) is 0 Å². The number of carbonyl (C=O) groups excluding carboxylic acids is 2. The molecule has 72 heavy (non-hydrogen) atoms. The maximum absolute atomic E-state index is 14.2. The summed E-state index contributed by atoms with van der Waals surface area (Å²) in [5.74, 6) is 2.43. The topological polar surface area (TPSA) is 108 Å². The van der Waals surface area contributed by atoms with Crippen LogP contribution in [0.2, 0.25) is 18.1 Å². The Morgan fingerprint density at radius 1 is 0.708 bits per heavy atom. The van der Waals surface area contributed by atoms with E-state index in [0.29, 0.717) is 42.7 Å². The Bertz CT molecular complexity index is 1950. The largest absolute Gasteiger partial charge is 0.408 e. The third-order valence-corrected chi connectivity index (χ3v) is 28.6. The second-order valence-corrected chi connectivity index (χ2v) is 32.4. The minimum atomic E-state index is -2.10. The zero-order valence-corrected chi connectivity index (χ0v) is 49.7. The third-order valence-electron chi connectivity index (χ3n) is 24.0. The SMILES string of the molecule is CCC1O[C@@H](OC2[C@H](O[C@H]3CCC4(C)C5CC=C6C7CC(C)(C)CC[C@]7(C(C)=O)[C@H](OC)CC6(C)C5(C)CC[C@H]4C3(C)C=O)OC[C@@H](C)[C@@H]2O[C@@H]2OC[C@@H](C)[C@H](C)C2C)C(O[Si](CC)(CC)CC)[C@@H](C)[C@H]1C. The van der Waals surface area contributed by atoms with Gasteiger partial charge in [-0.1, -0.05) is 122 Å². The van der Waals surface area contributed by atoms with Crippen LogP contribution in [0.1, 0.15) is 182 Å². The van der Waals surface area contributed by atoms with Crippen LogP contribution in [0, 0.1) is 85.8 Å². The van der Waals surface area contributed by atoms with E-state index in [9.17, 15) is 9.59 Å². The summed E-state index contributed by atoms with van der Waals surface area (Å²) in [4.78, 5) is 28.3. The van der Waals surface area contributed by atoms with E-state index in [-0.39, 0.29) is 69.6 Å². The third kappa shape index (κ3) is 9.12. The molecule has 4 saturated carbocycles. The molecule has 23 atom stereocenters. The predicted octanol–water partition coefficient (Wildman–Crippen LogP) is 13.4. The molecular weight excluding hydrogens is 921 g/mol. The number of ether oxygens (including phenoxy) is 7. The van der Waals surface area contributed by atoms with Gasteiger partial charge in [0.25, 0.3) is 0 Å². The van der Waals surface area contributed by atoms with Crippen LogP contribution in [0.5, 0.6) is 0 Å². The number of methoxy groups -OCH3 is 1. The van der Waals surface area contributed by atoms with E-state index in [1.807, 2.05) is 14.0 Å². The van der Waals surface area contributed by atoms with Gasteiger partial charge in [0.05, 0.1) is 54.6 Å². The van der Waals surface area contributed by atoms with Gasteiger partial charge in [0.2, 0.25) is 0 Å². The van der Waals surface area contributed by atoms with Crippen LogP contribution in [0.25, 0.3) is 0 Å². The normalized spacial score (nSPS) is 50.4. The van der Waals surface area contributed by atoms with Gasteiger partial charge in [-0.15, -0.1) is 0 Å². The van der Waals surface area contributed by atoms with Gasteiger partial charge in [-0.3, -0.25) is 4.79 Å². The maximum Gasteiger partial charge on any atom is 0.192 e. The Labute approximate surface area is 439 Å². The Kier molecular flexibility index (Phi) is 16.7. The first kappa shape index (κ1) is 57.2. The molecule has 5 aliphatic carbocycles. The van der Waals surface area contributed by atoms with Crippen LogP contribution >= 0.6 is 0 Å². The fraction of sp³-hybridized carbons (Fsp3) is 0.934. The second kappa shape index (κ2) is 21.0. The lowest BCUT2D eigenvalue weighted by Gasteiger charge is -2.72. The lowest BCUT2D eigenvalue weighted by atomic mass is 9.33. The molecule has 7 fully saturated rings. The minimum absolute atomic E-state index is 0.00928. The minimum Gasteiger partial charge on any atom is -0.408 e.